The molecular weight excluding hydrogens is 626 g/mol. The van der Waals surface area contributed by atoms with Crippen molar-refractivity contribution in [1.82, 2.24) is 15.1 Å². The summed E-state index contributed by atoms with van der Waals surface area (Å²) >= 11 is 0. The van der Waals surface area contributed by atoms with Crippen molar-refractivity contribution in [3.63, 3.8) is 0 Å². The average molecular weight is 682 g/mol. The minimum atomic E-state index is -0.518. The number of amides is 5. The highest BCUT2D eigenvalue weighted by Gasteiger charge is 2.31. The van der Waals surface area contributed by atoms with Gasteiger partial charge in [-0.1, -0.05) is 26.2 Å². The number of carbonyl (C=O) groups is 3. The summed E-state index contributed by atoms with van der Waals surface area (Å²) in [5.41, 5.74) is 1.43. The highest BCUT2D eigenvalue weighted by Crippen LogP contribution is 2.29. The molecule has 270 valence electrons. The predicted molar refractivity (Wildman–Crippen MR) is 191 cm³/mol. The lowest BCUT2D eigenvalue weighted by molar-refractivity contribution is -0.0115. The van der Waals surface area contributed by atoms with E-state index in [0.29, 0.717) is 41.6 Å². The van der Waals surface area contributed by atoms with Gasteiger partial charge in [0.25, 0.3) is 5.91 Å². The van der Waals surface area contributed by atoms with Crippen molar-refractivity contribution in [2.45, 2.75) is 96.4 Å². The van der Waals surface area contributed by atoms with Crippen LogP contribution in [0.1, 0.15) is 82.5 Å². The van der Waals surface area contributed by atoms with Crippen molar-refractivity contribution in [1.29, 1.82) is 0 Å². The molecule has 4 atom stereocenters. The minimum absolute atomic E-state index is 0.141. The fourth-order valence-electron chi connectivity index (χ4n) is 6.31. The minimum Gasteiger partial charge on any atom is -0.497 e. The molecule has 0 spiro atoms. The van der Waals surface area contributed by atoms with Crippen LogP contribution >= 0.6 is 0 Å². The molecular formula is C37H55N5O7. The van der Waals surface area contributed by atoms with Crippen molar-refractivity contribution in [2.24, 2.45) is 5.92 Å². The molecule has 12 nitrogen and oxygen atoms in total. The molecule has 5 amide bonds. The van der Waals surface area contributed by atoms with Crippen molar-refractivity contribution >= 4 is 29.3 Å². The van der Waals surface area contributed by atoms with Gasteiger partial charge in [-0.25, -0.2) is 9.59 Å². The number of hydrogen-bond donors (Lipinski definition) is 4. The van der Waals surface area contributed by atoms with E-state index in [1.807, 2.05) is 13.8 Å². The van der Waals surface area contributed by atoms with Crippen LogP contribution in [-0.2, 0) is 4.74 Å². The molecule has 0 radical (unpaired) electrons. The Morgan fingerprint density at radius 1 is 1.00 bits per heavy atom. The van der Waals surface area contributed by atoms with Gasteiger partial charge in [0.15, 0.2) is 0 Å². The lowest BCUT2D eigenvalue weighted by Crippen LogP contribution is -2.48. The van der Waals surface area contributed by atoms with Crippen molar-refractivity contribution in [3.05, 3.63) is 48.0 Å². The normalized spacial score (nSPS) is 21.7. The number of methoxy groups -OCH3 is 1. The number of hydrogen-bond acceptors (Lipinski definition) is 7. The van der Waals surface area contributed by atoms with Gasteiger partial charge in [0.05, 0.1) is 37.5 Å². The van der Waals surface area contributed by atoms with Crippen LogP contribution in [0.3, 0.4) is 0 Å². The molecule has 1 fully saturated rings. The molecule has 12 heteroatoms. The molecule has 4 N–H and O–H groups in total. The van der Waals surface area contributed by atoms with Crippen molar-refractivity contribution in [2.75, 3.05) is 51.1 Å². The zero-order valence-electron chi connectivity index (χ0n) is 29.7. The largest absolute Gasteiger partial charge is 0.497 e. The summed E-state index contributed by atoms with van der Waals surface area (Å²) in [7, 11) is 3.30. The standard InChI is InChI=1S/C37H55N5O7/c1-25-22-42(26(2)24-43)35(44)32-21-30(39-36(45)38-28-12-7-6-8-13-28)16-19-33(32)49-27(3)11-9-10-20-48-34(25)23-41(4)37(46)40-29-14-17-31(47-5)18-15-29/h14-19,21,25-28,34,43H,6-13,20,22-24H2,1-5H3,(H,40,46)(H2,38,39,45)/t25-,26+,27-,34-/m0/s1. The van der Waals surface area contributed by atoms with E-state index in [0.717, 1.165) is 44.9 Å². The molecule has 49 heavy (non-hydrogen) atoms. The molecule has 1 heterocycles. The monoisotopic (exact) mass is 681 g/mol. The van der Waals surface area contributed by atoms with Crippen LogP contribution < -0.4 is 25.4 Å². The molecule has 0 unspecified atom stereocenters. The third kappa shape index (κ3) is 11.3. The summed E-state index contributed by atoms with van der Waals surface area (Å²) in [6, 6.07) is 11.3. The Morgan fingerprint density at radius 3 is 2.39 bits per heavy atom. The number of ether oxygens (including phenoxy) is 3. The quantitative estimate of drug-likeness (QED) is 0.264. The van der Waals surface area contributed by atoms with E-state index in [4.69, 9.17) is 14.2 Å². The second kappa shape index (κ2) is 18.7. The number of nitrogens with one attached hydrogen (secondary N) is 3. The van der Waals surface area contributed by atoms with Crippen molar-refractivity contribution < 1.29 is 33.7 Å². The molecule has 1 aliphatic carbocycles. The molecule has 1 aliphatic heterocycles. The van der Waals surface area contributed by atoms with Crippen LogP contribution in [0.5, 0.6) is 11.5 Å². The van der Waals surface area contributed by atoms with Crippen LogP contribution in [-0.4, -0.2) is 97.6 Å². The highest BCUT2D eigenvalue weighted by molar-refractivity contribution is 5.99. The first kappa shape index (κ1) is 37.8. The van der Waals surface area contributed by atoms with Crippen LogP contribution in [0, 0.1) is 5.92 Å². The molecule has 2 aliphatic rings. The number of urea groups is 2. The van der Waals surface area contributed by atoms with E-state index in [1.165, 1.54) is 6.42 Å². The first-order valence-electron chi connectivity index (χ1n) is 17.7. The molecule has 1 saturated carbocycles. The lowest BCUT2D eigenvalue weighted by atomic mass is 9.96. The Labute approximate surface area is 290 Å². The first-order valence-corrected chi connectivity index (χ1v) is 17.7. The number of rotatable bonds is 8. The Hall–Kier alpha value is -4.03. The number of aliphatic hydroxyl groups excluding tert-OH is 1. The number of benzene rings is 2. The maximum Gasteiger partial charge on any atom is 0.321 e. The second-order valence-corrected chi connectivity index (χ2v) is 13.5. The van der Waals surface area contributed by atoms with E-state index >= 15 is 0 Å². The number of carbonyl (C=O) groups excluding carboxylic acids is 3. The van der Waals surface area contributed by atoms with Gasteiger partial charge < -0.3 is 45.1 Å². The van der Waals surface area contributed by atoms with Crippen LogP contribution in [0.15, 0.2) is 42.5 Å². The van der Waals surface area contributed by atoms with E-state index < -0.39 is 6.04 Å². The van der Waals surface area contributed by atoms with Gasteiger partial charge in [-0.3, -0.25) is 4.79 Å². The number of nitrogens with zero attached hydrogens (tertiary/aromatic N) is 2. The summed E-state index contributed by atoms with van der Waals surface area (Å²) in [5.74, 6) is 0.593. The Kier molecular flexibility index (Phi) is 14.4. The van der Waals surface area contributed by atoms with E-state index in [2.05, 4.69) is 16.0 Å². The lowest BCUT2D eigenvalue weighted by Gasteiger charge is -2.35. The van der Waals surface area contributed by atoms with Gasteiger partial charge in [0.1, 0.15) is 11.5 Å². The number of anilines is 2. The summed E-state index contributed by atoms with van der Waals surface area (Å²) in [6.45, 7) is 6.55. The van der Waals surface area contributed by atoms with Crippen LogP contribution in [0.4, 0.5) is 21.0 Å². The van der Waals surface area contributed by atoms with Gasteiger partial charge in [-0.2, -0.15) is 0 Å². The maximum absolute atomic E-state index is 14.4. The van der Waals surface area contributed by atoms with Gasteiger partial charge in [-0.05, 0) is 88.4 Å². The Morgan fingerprint density at radius 2 is 1.69 bits per heavy atom. The highest BCUT2D eigenvalue weighted by atomic mass is 16.5. The first-order chi connectivity index (χ1) is 23.6. The van der Waals surface area contributed by atoms with E-state index in [9.17, 15) is 19.5 Å². The average Bonchev–Trinajstić information content (AvgIpc) is 3.10. The molecule has 2 aromatic carbocycles. The smallest absolute Gasteiger partial charge is 0.321 e. The SMILES string of the molecule is COc1ccc(NC(=O)N(C)C[C@@H]2OCCCC[C@H](C)Oc3ccc(NC(=O)NC4CCCCC4)cc3C(=O)N([C@H](C)CO)C[C@@H]2C)cc1. The molecule has 4 rings (SSSR count). The summed E-state index contributed by atoms with van der Waals surface area (Å²) < 4.78 is 17.9. The topological polar surface area (TPSA) is 142 Å². The van der Waals surface area contributed by atoms with Crippen LogP contribution in [0.25, 0.3) is 0 Å². The fourth-order valence-corrected chi connectivity index (χ4v) is 6.31. The summed E-state index contributed by atoms with van der Waals surface area (Å²) in [5, 5.41) is 19.1. The number of likely N-dealkylation sites (N-methyl/N-ethyl adjacent to an activating group) is 1. The molecule has 0 bridgehead atoms. The molecule has 0 aromatic heterocycles. The van der Waals surface area contributed by atoms with Gasteiger partial charge in [0.2, 0.25) is 0 Å². The number of aliphatic hydroxyl groups is 1. The van der Waals surface area contributed by atoms with Gasteiger partial charge in [-0.15, -0.1) is 0 Å². The summed E-state index contributed by atoms with van der Waals surface area (Å²) in [4.78, 5) is 43.6. The van der Waals surface area contributed by atoms with E-state index in [1.54, 1.807) is 73.3 Å². The fraction of sp³-hybridized carbons (Fsp3) is 0.595. The maximum atomic E-state index is 14.4. The Bertz CT molecular complexity index is 1370. The van der Waals surface area contributed by atoms with Gasteiger partial charge >= 0.3 is 12.1 Å². The zero-order chi connectivity index (χ0) is 35.3. The zero-order valence-corrected chi connectivity index (χ0v) is 29.7. The number of fused-ring (bicyclic) bond motifs is 1. The summed E-state index contributed by atoms with van der Waals surface area (Å²) in [6.07, 6.45) is 7.17. The van der Waals surface area contributed by atoms with E-state index in [-0.39, 0.29) is 55.3 Å². The van der Waals surface area contributed by atoms with Gasteiger partial charge in [0, 0.05) is 50.1 Å². The third-order valence-electron chi connectivity index (χ3n) is 9.39. The van der Waals surface area contributed by atoms with Crippen molar-refractivity contribution in [3.8, 4) is 11.5 Å². The molecule has 0 saturated heterocycles. The Balaban J connectivity index is 1.54. The predicted octanol–water partition coefficient (Wildman–Crippen LogP) is 6.11. The second-order valence-electron chi connectivity index (χ2n) is 13.5. The third-order valence-corrected chi connectivity index (χ3v) is 9.39. The molecule has 2 aromatic rings. The van der Waals surface area contributed by atoms with Crippen LogP contribution in [0.2, 0.25) is 0 Å².